The largest absolute Gasteiger partial charge is 0.490 e. The van der Waals surface area contributed by atoms with Crippen molar-refractivity contribution in [3.05, 3.63) is 79.2 Å². The number of ether oxygens (including phenoxy) is 2. The molecule has 1 aliphatic heterocycles. The highest BCUT2D eigenvalue weighted by molar-refractivity contribution is 14.1. The van der Waals surface area contributed by atoms with Gasteiger partial charge in [0.25, 0.3) is 0 Å². The smallest absolute Gasteiger partial charge is 0.323 e. The quantitative estimate of drug-likeness (QED) is 0.289. The minimum Gasteiger partial charge on any atom is -0.490 e. The zero-order valence-electron chi connectivity index (χ0n) is 25.8. The first-order valence-electron chi connectivity index (χ1n) is 14.9. The van der Waals surface area contributed by atoms with Crippen molar-refractivity contribution in [3.63, 3.8) is 0 Å². The van der Waals surface area contributed by atoms with Crippen LogP contribution in [0, 0.1) is 21.3 Å². The fraction of sp³-hybridized carbons (Fsp3) is 0.457. The average molecular weight is 698 g/mol. The number of halogens is 1. The highest BCUT2D eigenvalue weighted by Crippen LogP contribution is 2.55. The molecule has 0 saturated heterocycles. The summed E-state index contributed by atoms with van der Waals surface area (Å²) in [6.07, 6.45) is 1.77. The molecule has 0 spiro atoms. The summed E-state index contributed by atoms with van der Waals surface area (Å²) in [5.74, 6) is -0.494. The lowest BCUT2D eigenvalue weighted by molar-refractivity contribution is -0.138. The van der Waals surface area contributed by atoms with Crippen LogP contribution in [0.4, 0.5) is 0 Å². The molecule has 1 heterocycles. The third-order valence-electron chi connectivity index (χ3n) is 8.48. The van der Waals surface area contributed by atoms with Crippen LogP contribution >= 0.6 is 22.6 Å². The number of carboxylic acids is 1. The van der Waals surface area contributed by atoms with Crippen LogP contribution in [-0.2, 0) is 21.0 Å². The van der Waals surface area contributed by atoms with Crippen molar-refractivity contribution in [1.29, 1.82) is 0 Å². The second-order valence-electron chi connectivity index (χ2n) is 13.6. The van der Waals surface area contributed by atoms with E-state index < -0.39 is 11.9 Å². The highest BCUT2D eigenvalue weighted by atomic mass is 127. The molecule has 43 heavy (non-hydrogen) atoms. The summed E-state index contributed by atoms with van der Waals surface area (Å²) in [5.41, 5.74) is 4.87. The van der Waals surface area contributed by atoms with Crippen molar-refractivity contribution in [3.8, 4) is 11.5 Å². The maximum atomic E-state index is 14.0. The Morgan fingerprint density at radius 2 is 1.49 bits per heavy atom. The Bertz CT molecular complexity index is 1490. The molecular weight excluding hydrogens is 657 g/mol. The number of hydrogen-bond acceptors (Lipinski definition) is 6. The first-order valence-corrected chi connectivity index (χ1v) is 15.9. The van der Waals surface area contributed by atoms with Gasteiger partial charge in [-0.1, -0.05) is 57.5 Å². The number of benzene rings is 2. The fourth-order valence-corrected chi connectivity index (χ4v) is 7.49. The van der Waals surface area contributed by atoms with Crippen LogP contribution in [0.15, 0.2) is 58.9 Å². The van der Waals surface area contributed by atoms with E-state index in [1.54, 1.807) is 4.90 Å². The van der Waals surface area contributed by atoms with Gasteiger partial charge in [0.15, 0.2) is 23.1 Å². The lowest BCUT2D eigenvalue weighted by Gasteiger charge is -2.48. The number of rotatable bonds is 8. The summed E-state index contributed by atoms with van der Waals surface area (Å²) >= 11 is 2.24. The van der Waals surface area contributed by atoms with Gasteiger partial charge < -0.3 is 19.5 Å². The first-order chi connectivity index (χ1) is 20.2. The van der Waals surface area contributed by atoms with E-state index in [0.29, 0.717) is 61.5 Å². The van der Waals surface area contributed by atoms with E-state index in [1.165, 1.54) is 5.56 Å². The second kappa shape index (κ2) is 11.7. The molecule has 0 unspecified atom stereocenters. The molecule has 0 saturated carbocycles. The van der Waals surface area contributed by atoms with Crippen LogP contribution in [-0.4, -0.2) is 40.7 Å². The van der Waals surface area contributed by atoms with Crippen LogP contribution in [0.5, 0.6) is 11.5 Å². The molecule has 228 valence electrons. The molecule has 3 aliphatic rings. The summed E-state index contributed by atoms with van der Waals surface area (Å²) in [5, 5.41) is 9.94. The molecule has 0 aromatic heterocycles. The fourth-order valence-electron chi connectivity index (χ4n) is 6.70. The molecular formula is C35H40INO6. The number of aliphatic carboxylic acids is 1. The zero-order chi connectivity index (χ0) is 31.3. The van der Waals surface area contributed by atoms with Gasteiger partial charge in [-0.2, -0.15) is 0 Å². The lowest BCUT2D eigenvalue weighted by atomic mass is 9.63. The van der Waals surface area contributed by atoms with Crippen LogP contribution in [0.1, 0.15) is 82.9 Å². The summed E-state index contributed by atoms with van der Waals surface area (Å²) in [6, 6.07) is 12.1. The van der Waals surface area contributed by atoms with Crippen LogP contribution in [0.25, 0.3) is 0 Å². The van der Waals surface area contributed by atoms with Crippen molar-refractivity contribution in [2.45, 2.75) is 79.8 Å². The number of allylic oxidation sites excluding steroid dienone is 4. The van der Waals surface area contributed by atoms with Crippen molar-refractivity contribution in [2.24, 2.45) is 10.8 Å². The monoisotopic (exact) mass is 697 g/mol. The van der Waals surface area contributed by atoms with Gasteiger partial charge in [-0.25, -0.2) is 0 Å². The minimum absolute atomic E-state index is 0.0384. The van der Waals surface area contributed by atoms with Gasteiger partial charge in [0.05, 0.1) is 10.2 Å². The van der Waals surface area contributed by atoms with Crippen LogP contribution < -0.4 is 9.47 Å². The summed E-state index contributed by atoms with van der Waals surface area (Å²) in [4.78, 5) is 41.9. The standard InChI is InChI=1S/C35H40INO6/c1-7-42-28-13-22(12-23(36)33(28)43-19-21-10-8-20(2)9-11-21)30-31-24(14-34(3,4)16-26(31)38)37(18-29(40)41)25-15-35(5,6)17-27(39)32(25)30/h8-13,30H,7,14-19H2,1-6H3,(H,40,41). The van der Waals surface area contributed by atoms with Crippen molar-refractivity contribution < 1.29 is 29.0 Å². The number of ketones is 2. The minimum atomic E-state index is -0.993. The SMILES string of the molecule is CCOc1cc(C2C3=C(CC(C)(C)CC3=O)N(CC(=O)O)C3=C2C(=O)CC(C)(C)C3)cc(I)c1OCc1ccc(C)cc1. The number of hydrogen-bond donors (Lipinski definition) is 1. The molecule has 0 amide bonds. The van der Waals surface area contributed by atoms with Gasteiger partial charge in [-0.05, 0) is 83.4 Å². The van der Waals surface area contributed by atoms with Gasteiger partial charge >= 0.3 is 5.97 Å². The number of Topliss-reactive ketones (excluding diaryl/α,β-unsaturated/α-hetero) is 2. The maximum absolute atomic E-state index is 14.0. The Kier molecular flexibility index (Phi) is 8.55. The Morgan fingerprint density at radius 3 is 2.00 bits per heavy atom. The number of carboxylic acid groups (broad SMARTS) is 1. The third kappa shape index (κ3) is 6.40. The maximum Gasteiger partial charge on any atom is 0.323 e. The second-order valence-corrected chi connectivity index (χ2v) is 14.7. The normalized spacial score (nSPS) is 19.7. The zero-order valence-corrected chi connectivity index (χ0v) is 28.0. The third-order valence-corrected chi connectivity index (χ3v) is 9.29. The van der Waals surface area contributed by atoms with E-state index in [1.807, 2.05) is 65.8 Å². The Balaban J connectivity index is 1.67. The molecule has 1 N–H and O–H groups in total. The molecule has 2 aromatic rings. The van der Waals surface area contributed by atoms with E-state index >= 15 is 0 Å². The van der Waals surface area contributed by atoms with E-state index in [-0.39, 0.29) is 28.9 Å². The van der Waals surface area contributed by atoms with Crippen LogP contribution in [0.2, 0.25) is 0 Å². The molecule has 0 fully saturated rings. The van der Waals surface area contributed by atoms with E-state index in [2.05, 4.69) is 34.7 Å². The van der Waals surface area contributed by atoms with Crippen LogP contribution in [0.3, 0.4) is 0 Å². The number of carbonyl (C=O) groups excluding carboxylic acids is 2. The Labute approximate surface area is 267 Å². The molecule has 8 heteroatoms. The van der Waals surface area contributed by atoms with Gasteiger partial charge in [0.1, 0.15) is 13.2 Å². The molecule has 2 aliphatic carbocycles. The molecule has 0 atom stereocenters. The average Bonchev–Trinajstić information content (AvgIpc) is 2.88. The lowest BCUT2D eigenvalue weighted by Crippen LogP contribution is -2.45. The van der Waals surface area contributed by atoms with E-state index in [0.717, 1.165) is 26.1 Å². The van der Waals surface area contributed by atoms with E-state index in [4.69, 9.17) is 9.47 Å². The Morgan fingerprint density at radius 1 is 0.930 bits per heavy atom. The number of nitrogens with zero attached hydrogens (tertiary/aromatic N) is 1. The first kappa shape index (κ1) is 31.3. The number of carbonyl (C=O) groups is 3. The van der Waals surface area contributed by atoms with Crippen molar-refractivity contribution in [2.75, 3.05) is 13.2 Å². The van der Waals surface area contributed by atoms with Gasteiger partial charge in [0.2, 0.25) is 0 Å². The summed E-state index contributed by atoms with van der Waals surface area (Å²) < 4.78 is 13.2. The van der Waals surface area contributed by atoms with E-state index in [9.17, 15) is 19.5 Å². The topological polar surface area (TPSA) is 93.1 Å². The van der Waals surface area contributed by atoms with Crippen molar-refractivity contribution >= 4 is 40.1 Å². The highest BCUT2D eigenvalue weighted by Gasteiger charge is 2.49. The number of aryl methyl sites for hydroxylation is 1. The van der Waals surface area contributed by atoms with Gasteiger partial charge in [-0.3, -0.25) is 14.4 Å². The molecule has 7 nitrogen and oxygen atoms in total. The molecule has 0 radical (unpaired) electrons. The molecule has 5 rings (SSSR count). The van der Waals surface area contributed by atoms with Gasteiger partial charge in [0, 0.05) is 41.3 Å². The summed E-state index contributed by atoms with van der Waals surface area (Å²) in [6.45, 7) is 12.6. The molecule has 0 bridgehead atoms. The predicted octanol–water partition coefficient (Wildman–Crippen LogP) is 7.35. The predicted molar refractivity (Wildman–Crippen MR) is 173 cm³/mol. The Hall–Kier alpha value is -3.14. The van der Waals surface area contributed by atoms with Crippen molar-refractivity contribution in [1.82, 2.24) is 4.90 Å². The summed E-state index contributed by atoms with van der Waals surface area (Å²) in [7, 11) is 0. The van der Waals surface area contributed by atoms with Gasteiger partial charge in [-0.15, -0.1) is 0 Å². The molecule has 2 aromatic carbocycles.